The number of halogens is 1. The van der Waals surface area contributed by atoms with Crippen LogP contribution in [0.4, 0.5) is 4.39 Å². The van der Waals surface area contributed by atoms with Gasteiger partial charge in [0.25, 0.3) is 5.91 Å². The Bertz CT molecular complexity index is 847. The summed E-state index contributed by atoms with van der Waals surface area (Å²) >= 11 is 0. The van der Waals surface area contributed by atoms with Crippen LogP contribution < -0.4 is 5.32 Å². The van der Waals surface area contributed by atoms with E-state index in [1.165, 1.54) is 30.5 Å². The quantitative estimate of drug-likeness (QED) is 0.751. The van der Waals surface area contributed by atoms with Crippen molar-refractivity contribution in [2.75, 3.05) is 0 Å². The molecule has 0 radical (unpaired) electrons. The number of hydrogen-bond acceptors (Lipinski definition) is 3. The number of aromatic nitrogens is 2. The lowest BCUT2D eigenvalue weighted by Gasteiger charge is -2.21. The number of nitrogens with zero attached hydrogens (tertiary/aromatic N) is 2. The van der Waals surface area contributed by atoms with Crippen LogP contribution in [0.15, 0.2) is 67.1 Å². The first-order valence-corrected chi connectivity index (χ1v) is 7.88. The largest absolute Gasteiger partial charge is 0.386 e. The number of rotatable bonds is 5. The molecule has 2 aromatic carbocycles. The van der Waals surface area contributed by atoms with E-state index in [-0.39, 0.29) is 11.7 Å². The zero-order chi connectivity index (χ0) is 17.8. The summed E-state index contributed by atoms with van der Waals surface area (Å²) in [6.07, 6.45) is 2.09. The van der Waals surface area contributed by atoms with E-state index in [4.69, 9.17) is 0 Å². The van der Waals surface area contributed by atoms with Crippen molar-refractivity contribution < 1.29 is 14.3 Å². The predicted octanol–water partition coefficient (Wildman–Crippen LogP) is 2.86. The van der Waals surface area contributed by atoms with Gasteiger partial charge >= 0.3 is 0 Å². The second kappa shape index (κ2) is 7.27. The predicted molar refractivity (Wildman–Crippen MR) is 91.9 cm³/mol. The number of carbonyl (C=O) groups is 1. The van der Waals surface area contributed by atoms with Gasteiger partial charge in [0.05, 0.1) is 24.7 Å². The third-order valence-electron chi connectivity index (χ3n) is 3.95. The summed E-state index contributed by atoms with van der Waals surface area (Å²) < 4.78 is 14.7. The fraction of sp³-hybridized carbons (Fsp3) is 0.158. The highest BCUT2D eigenvalue weighted by molar-refractivity contribution is 5.93. The van der Waals surface area contributed by atoms with Gasteiger partial charge in [0.1, 0.15) is 11.5 Å². The highest BCUT2D eigenvalue weighted by atomic mass is 19.1. The van der Waals surface area contributed by atoms with E-state index in [0.717, 1.165) is 5.69 Å². The Labute approximate surface area is 144 Å². The maximum atomic E-state index is 13.0. The summed E-state index contributed by atoms with van der Waals surface area (Å²) in [5, 5.41) is 13.1. The molecule has 0 saturated carbocycles. The summed E-state index contributed by atoms with van der Waals surface area (Å²) in [6, 6.07) is 14.4. The van der Waals surface area contributed by atoms with Crippen molar-refractivity contribution in [3.8, 4) is 5.69 Å². The Morgan fingerprint density at radius 1 is 1.16 bits per heavy atom. The summed E-state index contributed by atoms with van der Waals surface area (Å²) in [4.78, 5) is 16.6. The summed E-state index contributed by atoms with van der Waals surface area (Å²) in [6.45, 7) is 1.69. The van der Waals surface area contributed by atoms with Gasteiger partial charge in [-0.2, -0.15) is 0 Å². The molecular formula is C19H18FN3O2. The monoisotopic (exact) mass is 339 g/mol. The van der Waals surface area contributed by atoms with Crippen molar-refractivity contribution in [3.63, 3.8) is 0 Å². The Hall–Kier alpha value is -2.99. The molecule has 2 unspecified atom stereocenters. The first-order valence-electron chi connectivity index (χ1n) is 7.88. The van der Waals surface area contributed by atoms with Crippen molar-refractivity contribution in [3.05, 3.63) is 84.2 Å². The van der Waals surface area contributed by atoms with Gasteiger partial charge in [-0.25, -0.2) is 9.37 Å². The highest BCUT2D eigenvalue weighted by Crippen LogP contribution is 2.18. The molecule has 0 fully saturated rings. The molecule has 0 saturated heterocycles. The van der Waals surface area contributed by atoms with E-state index in [9.17, 15) is 14.3 Å². The van der Waals surface area contributed by atoms with Crippen LogP contribution in [0, 0.1) is 5.82 Å². The average molecular weight is 339 g/mol. The van der Waals surface area contributed by atoms with Crippen LogP contribution in [0.1, 0.15) is 29.1 Å². The first-order chi connectivity index (χ1) is 12.1. The minimum absolute atomic E-state index is 0.352. The number of aliphatic hydroxyl groups is 1. The third kappa shape index (κ3) is 3.75. The van der Waals surface area contributed by atoms with E-state index >= 15 is 0 Å². The SMILES string of the molecule is CC(NC(=O)c1cncn1-c1ccccc1)C(O)c1ccc(F)cc1. The number of para-hydroxylation sites is 1. The second-order valence-electron chi connectivity index (χ2n) is 5.74. The molecule has 1 amide bonds. The Morgan fingerprint density at radius 3 is 2.52 bits per heavy atom. The molecule has 25 heavy (non-hydrogen) atoms. The lowest BCUT2D eigenvalue weighted by molar-refractivity contribution is 0.0845. The van der Waals surface area contributed by atoms with E-state index < -0.39 is 12.1 Å². The lowest BCUT2D eigenvalue weighted by Crippen LogP contribution is -2.37. The molecule has 0 aliphatic rings. The van der Waals surface area contributed by atoms with Crippen LogP contribution in [0.2, 0.25) is 0 Å². The van der Waals surface area contributed by atoms with Crippen molar-refractivity contribution >= 4 is 5.91 Å². The van der Waals surface area contributed by atoms with Gasteiger partial charge in [-0.1, -0.05) is 30.3 Å². The Balaban J connectivity index is 1.74. The van der Waals surface area contributed by atoms with Gasteiger partial charge in [0, 0.05) is 5.69 Å². The topological polar surface area (TPSA) is 67.2 Å². The van der Waals surface area contributed by atoms with Crippen LogP contribution in [0.5, 0.6) is 0 Å². The van der Waals surface area contributed by atoms with E-state index in [2.05, 4.69) is 10.3 Å². The fourth-order valence-electron chi connectivity index (χ4n) is 2.57. The number of amides is 1. The van der Waals surface area contributed by atoms with Crippen molar-refractivity contribution in [1.29, 1.82) is 0 Å². The lowest BCUT2D eigenvalue weighted by atomic mass is 10.0. The summed E-state index contributed by atoms with van der Waals surface area (Å²) in [5.74, 6) is -0.727. The zero-order valence-electron chi connectivity index (χ0n) is 13.6. The van der Waals surface area contributed by atoms with Gasteiger partial charge in [-0.3, -0.25) is 9.36 Å². The number of nitrogens with one attached hydrogen (secondary N) is 1. The van der Waals surface area contributed by atoms with Crippen LogP contribution in [-0.2, 0) is 0 Å². The maximum absolute atomic E-state index is 13.0. The highest BCUT2D eigenvalue weighted by Gasteiger charge is 2.21. The van der Waals surface area contributed by atoms with Crippen LogP contribution in [0.25, 0.3) is 5.69 Å². The van der Waals surface area contributed by atoms with Gasteiger partial charge in [-0.05, 0) is 36.8 Å². The van der Waals surface area contributed by atoms with Gasteiger partial charge in [0.2, 0.25) is 0 Å². The third-order valence-corrected chi connectivity index (χ3v) is 3.95. The van der Waals surface area contributed by atoms with Crippen molar-refractivity contribution in [2.45, 2.75) is 19.1 Å². The van der Waals surface area contributed by atoms with Gasteiger partial charge in [0.15, 0.2) is 0 Å². The van der Waals surface area contributed by atoms with Gasteiger partial charge in [-0.15, -0.1) is 0 Å². The summed E-state index contributed by atoms with van der Waals surface area (Å²) in [5.41, 5.74) is 1.71. The maximum Gasteiger partial charge on any atom is 0.270 e. The van der Waals surface area contributed by atoms with E-state index in [1.807, 2.05) is 30.3 Å². The Morgan fingerprint density at radius 2 is 1.84 bits per heavy atom. The molecule has 0 aliphatic carbocycles. The van der Waals surface area contributed by atoms with E-state index in [1.54, 1.807) is 17.8 Å². The van der Waals surface area contributed by atoms with Crippen LogP contribution in [-0.4, -0.2) is 26.6 Å². The molecular weight excluding hydrogens is 321 g/mol. The zero-order valence-corrected chi connectivity index (χ0v) is 13.6. The molecule has 1 heterocycles. The minimum atomic E-state index is -0.947. The van der Waals surface area contributed by atoms with E-state index in [0.29, 0.717) is 11.3 Å². The molecule has 0 aliphatic heterocycles. The molecule has 2 N–H and O–H groups in total. The molecule has 3 aromatic rings. The second-order valence-corrected chi connectivity index (χ2v) is 5.74. The molecule has 1 aromatic heterocycles. The van der Waals surface area contributed by atoms with Crippen LogP contribution >= 0.6 is 0 Å². The standard InChI is InChI=1S/C19H18FN3O2/c1-13(18(24)14-7-9-15(20)10-8-14)22-19(25)17-11-21-12-23(17)16-5-3-2-4-6-16/h2-13,18,24H,1H3,(H,22,25). The number of benzene rings is 2. The molecule has 0 bridgehead atoms. The van der Waals surface area contributed by atoms with Crippen molar-refractivity contribution in [2.24, 2.45) is 0 Å². The fourth-order valence-corrected chi connectivity index (χ4v) is 2.57. The van der Waals surface area contributed by atoms with Crippen LogP contribution in [0.3, 0.4) is 0 Å². The first kappa shape index (κ1) is 16.9. The van der Waals surface area contributed by atoms with Gasteiger partial charge < -0.3 is 10.4 Å². The molecule has 5 nitrogen and oxygen atoms in total. The average Bonchev–Trinajstić information content (AvgIpc) is 3.12. The molecule has 128 valence electrons. The molecule has 3 rings (SSSR count). The summed E-state index contributed by atoms with van der Waals surface area (Å²) in [7, 11) is 0. The Kier molecular flexibility index (Phi) is 4.90. The molecule has 2 atom stereocenters. The number of hydrogen-bond donors (Lipinski definition) is 2. The number of carbonyl (C=O) groups excluding carboxylic acids is 1. The van der Waals surface area contributed by atoms with Crippen molar-refractivity contribution in [1.82, 2.24) is 14.9 Å². The molecule has 0 spiro atoms. The smallest absolute Gasteiger partial charge is 0.270 e. The minimum Gasteiger partial charge on any atom is -0.386 e. The number of aliphatic hydroxyl groups excluding tert-OH is 1. The molecule has 6 heteroatoms. The normalized spacial score (nSPS) is 13.2. The number of imidazole rings is 1.